The van der Waals surface area contributed by atoms with Crippen LogP contribution >= 0.6 is 23.2 Å². The molecule has 2 aliphatic rings. The van der Waals surface area contributed by atoms with Crippen LogP contribution in [-0.2, 0) is 42.0 Å². The van der Waals surface area contributed by atoms with Gasteiger partial charge in [-0.15, -0.1) is 0 Å². The molecule has 57 heavy (non-hydrogen) atoms. The lowest BCUT2D eigenvalue weighted by Crippen LogP contribution is -2.55. The van der Waals surface area contributed by atoms with Crippen molar-refractivity contribution in [3.05, 3.63) is 146 Å². The van der Waals surface area contributed by atoms with Gasteiger partial charge in [0.1, 0.15) is 24.1 Å². The Morgan fingerprint density at radius 1 is 0.912 bits per heavy atom. The van der Waals surface area contributed by atoms with Gasteiger partial charge in [0, 0.05) is 31.4 Å². The van der Waals surface area contributed by atoms with Crippen LogP contribution in [0.25, 0.3) is 11.1 Å². The van der Waals surface area contributed by atoms with E-state index in [1.54, 1.807) is 12.3 Å². The number of fused-ring (bicyclic) bond motifs is 2. The van der Waals surface area contributed by atoms with Crippen molar-refractivity contribution in [3.8, 4) is 22.6 Å². The highest BCUT2D eigenvalue weighted by Gasteiger charge is 2.35. The summed E-state index contributed by atoms with van der Waals surface area (Å²) in [6, 6.07) is 26.5. The minimum atomic E-state index is -1.06. The van der Waals surface area contributed by atoms with Crippen molar-refractivity contribution in [1.29, 1.82) is 0 Å². The minimum absolute atomic E-state index is 0.181. The number of aryl methyl sites for hydroxylation is 1. The first-order valence-corrected chi connectivity index (χ1v) is 20.4. The smallest absolute Gasteiger partial charge is 0.326 e. The van der Waals surface area contributed by atoms with E-state index in [2.05, 4.69) is 53.3 Å². The molecule has 3 atom stereocenters. The summed E-state index contributed by atoms with van der Waals surface area (Å²) < 4.78 is 12.4. The maximum Gasteiger partial charge on any atom is 0.326 e. The Kier molecular flexibility index (Phi) is 12.5. The number of pyridine rings is 1. The molecule has 2 N–H and O–H groups in total. The standard InChI is InChI=1S/C47H49Cl2N3O5/c1-28(2)25-52-26-38-22-37-21-35(33-10-12-39(13-11-33)57-27-32-7-14-41(48)42(49)19-32)16-18-56-45(37)24-36(38)23-44(52)46(53)51-43(47(54)55)20-31-5-8-34(9-6-31)40-15-17-50-30(4)29(40)3/h5-15,17,19,22,24,28,35,43-44H,16,18,20-21,23,25-27H2,1-4H3,(H,51,53)(H,54,55)/t35-,43+,44+/m1/s1. The molecule has 4 aromatic carbocycles. The average Bonchev–Trinajstić information content (AvgIpc) is 3.40. The van der Waals surface area contributed by atoms with E-state index in [0.29, 0.717) is 48.7 Å². The number of halogens is 2. The van der Waals surface area contributed by atoms with Crippen molar-refractivity contribution >= 4 is 35.1 Å². The van der Waals surface area contributed by atoms with Gasteiger partial charge in [-0.3, -0.25) is 14.7 Å². The summed E-state index contributed by atoms with van der Waals surface area (Å²) in [4.78, 5) is 33.1. The number of aromatic nitrogens is 1. The van der Waals surface area contributed by atoms with Gasteiger partial charge in [-0.1, -0.05) is 85.6 Å². The minimum Gasteiger partial charge on any atom is -0.493 e. The number of ether oxygens (including phenoxy) is 2. The molecule has 1 aromatic heterocycles. The van der Waals surface area contributed by atoms with Gasteiger partial charge in [0.2, 0.25) is 5.91 Å². The van der Waals surface area contributed by atoms with Gasteiger partial charge < -0.3 is 19.9 Å². The van der Waals surface area contributed by atoms with Gasteiger partial charge in [-0.05, 0) is 131 Å². The van der Waals surface area contributed by atoms with E-state index in [1.165, 1.54) is 11.1 Å². The Morgan fingerprint density at radius 2 is 1.67 bits per heavy atom. The van der Waals surface area contributed by atoms with Crippen molar-refractivity contribution < 1.29 is 24.2 Å². The predicted octanol–water partition coefficient (Wildman–Crippen LogP) is 9.55. The number of hydrogen-bond donors (Lipinski definition) is 2. The Balaban J connectivity index is 1.03. The maximum atomic E-state index is 14.0. The van der Waals surface area contributed by atoms with Crippen LogP contribution in [0.1, 0.15) is 70.8 Å². The van der Waals surface area contributed by atoms with Crippen LogP contribution in [0.3, 0.4) is 0 Å². The monoisotopic (exact) mass is 805 g/mol. The summed E-state index contributed by atoms with van der Waals surface area (Å²) in [5.41, 5.74) is 10.6. The number of amides is 1. The van der Waals surface area contributed by atoms with Gasteiger partial charge >= 0.3 is 5.97 Å². The second-order valence-electron chi connectivity index (χ2n) is 15.8. The molecular weight excluding hydrogens is 757 g/mol. The first kappa shape index (κ1) is 40.3. The van der Waals surface area contributed by atoms with Crippen molar-refractivity contribution in [2.24, 2.45) is 5.92 Å². The Morgan fingerprint density at radius 3 is 2.39 bits per heavy atom. The molecule has 0 saturated carbocycles. The van der Waals surface area contributed by atoms with Gasteiger partial charge in [-0.2, -0.15) is 0 Å². The zero-order valence-electron chi connectivity index (χ0n) is 32.9. The number of carbonyl (C=O) groups is 2. The summed E-state index contributed by atoms with van der Waals surface area (Å²) in [5, 5.41) is 14.2. The van der Waals surface area contributed by atoms with Crippen molar-refractivity contribution in [3.63, 3.8) is 0 Å². The highest BCUT2D eigenvalue weighted by Crippen LogP contribution is 2.38. The normalized spacial score (nSPS) is 17.2. The number of hydrogen-bond acceptors (Lipinski definition) is 6. The van der Waals surface area contributed by atoms with Gasteiger partial charge in [-0.25, -0.2) is 4.79 Å². The lowest BCUT2D eigenvalue weighted by molar-refractivity contribution is -0.142. The molecule has 7 rings (SSSR count). The van der Waals surface area contributed by atoms with E-state index in [4.69, 9.17) is 32.7 Å². The average molecular weight is 807 g/mol. The molecule has 10 heteroatoms. The number of rotatable bonds is 12. The van der Waals surface area contributed by atoms with Gasteiger partial charge in [0.15, 0.2) is 0 Å². The number of benzene rings is 4. The third-order valence-electron chi connectivity index (χ3n) is 11.2. The molecule has 5 aromatic rings. The first-order chi connectivity index (χ1) is 27.4. The van der Waals surface area contributed by atoms with Gasteiger partial charge in [0.05, 0.1) is 22.7 Å². The molecule has 0 saturated heterocycles. The number of nitrogens with one attached hydrogen (secondary N) is 1. The molecule has 296 valence electrons. The maximum absolute atomic E-state index is 14.0. The van der Waals surface area contributed by atoms with E-state index in [-0.39, 0.29) is 18.2 Å². The van der Waals surface area contributed by atoms with Crippen LogP contribution in [0.4, 0.5) is 0 Å². The van der Waals surface area contributed by atoms with Crippen LogP contribution in [0.5, 0.6) is 11.5 Å². The Bertz CT molecular complexity index is 2240. The topological polar surface area (TPSA) is 101 Å². The molecule has 2 aliphatic heterocycles. The molecule has 0 unspecified atom stereocenters. The van der Waals surface area contributed by atoms with E-state index in [0.717, 1.165) is 69.0 Å². The van der Waals surface area contributed by atoms with Crippen molar-refractivity contribution in [2.75, 3.05) is 13.2 Å². The molecule has 0 radical (unpaired) electrons. The fourth-order valence-corrected chi connectivity index (χ4v) is 8.33. The fraction of sp³-hybridized carbons (Fsp3) is 0.340. The zero-order valence-corrected chi connectivity index (χ0v) is 34.4. The highest BCUT2D eigenvalue weighted by molar-refractivity contribution is 6.42. The van der Waals surface area contributed by atoms with E-state index < -0.39 is 18.1 Å². The van der Waals surface area contributed by atoms with Crippen LogP contribution in [0, 0.1) is 19.8 Å². The zero-order chi connectivity index (χ0) is 40.2. The predicted molar refractivity (Wildman–Crippen MR) is 225 cm³/mol. The summed E-state index contributed by atoms with van der Waals surface area (Å²) in [7, 11) is 0. The second-order valence-corrected chi connectivity index (χ2v) is 16.6. The lowest BCUT2D eigenvalue weighted by atomic mass is 9.86. The number of nitrogens with zero attached hydrogens (tertiary/aromatic N) is 2. The summed E-state index contributed by atoms with van der Waals surface area (Å²) >= 11 is 12.2. The molecule has 1 amide bonds. The summed E-state index contributed by atoms with van der Waals surface area (Å²) in [6.07, 6.45) is 4.16. The van der Waals surface area contributed by atoms with E-state index in [9.17, 15) is 14.7 Å². The quantitative estimate of drug-likeness (QED) is 0.130. The molecule has 8 nitrogen and oxygen atoms in total. The van der Waals surface area contributed by atoms with Crippen molar-refractivity contribution in [2.45, 2.75) is 84.5 Å². The number of aliphatic carboxylic acids is 1. The lowest BCUT2D eigenvalue weighted by Gasteiger charge is -2.38. The molecule has 0 fully saturated rings. The molecule has 3 heterocycles. The molecule has 0 aliphatic carbocycles. The van der Waals surface area contributed by atoms with E-state index in [1.807, 2.05) is 68.4 Å². The van der Waals surface area contributed by atoms with Crippen LogP contribution < -0.4 is 14.8 Å². The first-order valence-electron chi connectivity index (χ1n) is 19.6. The fourth-order valence-electron chi connectivity index (χ4n) is 8.01. The Labute approximate surface area is 345 Å². The third kappa shape index (κ3) is 9.63. The van der Waals surface area contributed by atoms with Crippen molar-refractivity contribution in [1.82, 2.24) is 15.2 Å². The van der Waals surface area contributed by atoms with E-state index >= 15 is 0 Å². The summed E-state index contributed by atoms with van der Waals surface area (Å²) in [6.45, 7) is 10.6. The largest absolute Gasteiger partial charge is 0.493 e. The molecular formula is C47H49Cl2N3O5. The number of carboxylic acids is 1. The number of carbonyl (C=O) groups excluding carboxylic acids is 1. The van der Waals surface area contributed by atoms with Crippen LogP contribution in [-0.4, -0.2) is 52.1 Å². The SMILES string of the molecule is Cc1nccc(-c2ccc(C[C@H](NC(=O)[C@@H]3Cc4cc5c(cc4CN3CC(C)C)C[C@H](c3ccc(OCc4ccc(Cl)c(Cl)c4)cc3)CCO5)C(=O)O)cc2)c1C. The third-order valence-corrected chi connectivity index (χ3v) is 12.0. The van der Waals surface area contributed by atoms with Gasteiger partial charge in [0.25, 0.3) is 0 Å². The second kappa shape index (κ2) is 17.7. The Hall–Kier alpha value is -4.89. The number of carboxylic acid groups (broad SMARTS) is 1. The molecule has 0 bridgehead atoms. The highest BCUT2D eigenvalue weighted by atomic mass is 35.5. The summed E-state index contributed by atoms with van der Waals surface area (Å²) in [5.74, 6) is 0.900. The van der Waals surface area contributed by atoms with Crippen LogP contribution in [0.2, 0.25) is 10.0 Å². The van der Waals surface area contributed by atoms with Crippen LogP contribution in [0.15, 0.2) is 91.1 Å². The molecule has 0 spiro atoms.